The van der Waals surface area contributed by atoms with E-state index in [1.54, 1.807) is 17.8 Å². The minimum absolute atomic E-state index is 0.125. The van der Waals surface area contributed by atoms with Crippen LogP contribution in [0.15, 0.2) is 36.8 Å². The van der Waals surface area contributed by atoms with Gasteiger partial charge in [-0.3, -0.25) is 4.79 Å². The molecule has 6 rings (SSSR count). The number of aromatic nitrogens is 5. The molecule has 3 aromatic heterocycles. The number of imidazole rings is 1. The quantitative estimate of drug-likeness (QED) is 0.157. The molecule has 2 fully saturated rings. The summed E-state index contributed by atoms with van der Waals surface area (Å²) < 4.78 is 1.78. The summed E-state index contributed by atoms with van der Waals surface area (Å²) in [6.45, 7) is 3.18. The van der Waals surface area contributed by atoms with Crippen LogP contribution >= 0.6 is 0 Å². The molecule has 1 saturated carbocycles. The molecule has 1 aliphatic heterocycles. The number of carbonyl (C=O) groups is 1. The number of carbonyl (C=O) groups excluding carboxylic acids is 1. The standard InChI is InChI=1S/C30H41N9O4/c1-4-24(41)34-22-12-23(27(43)26(22)42)39-16-32-25-28(35-30(36-29(25)39)38-10-9-19(14-38)37(2)3)33-18(15-40)11-17-13-31-21-8-6-5-7-20(17)21/h5-8,13,16,18-19,22-23,26-27,31,40,42-43H,4,9-12,14-15H2,1-3H3,(H,34,41)(H,33,35,36)/t18-,19+,22-,23+,26+,27-/m0/s1. The zero-order chi connectivity index (χ0) is 30.2. The van der Waals surface area contributed by atoms with Crippen LogP contribution in [-0.4, -0.2) is 115 Å². The molecule has 13 heteroatoms. The lowest BCUT2D eigenvalue weighted by molar-refractivity contribution is -0.122. The predicted molar refractivity (Wildman–Crippen MR) is 164 cm³/mol. The van der Waals surface area contributed by atoms with Crippen molar-refractivity contribution < 1.29 is 20.1 Å². The van der Waals surface area contributed by atoms with Gasteiger partial charge in [-0.2, -0.15) is 9.97 Å². The van der Waals surface area contributed by atoms with Crippen LogP contribution in [0.3, 0.4) is 0 Å². The highest BCUT2D eigenvalue weighted by molar-refractivity contribution is 5.85. The summed E-state index contributed by atoms with van der Waals surface area (Å²) in [6, 6.07) is 6.94. The van der Waals surface area contributed by atoms with Crippen molar-refractivity contribution in [1.82, 2.24) is 34.7 Å². The first kappa shape index (κ1) is 29.3. The predicted octanol–water partition coefficient (Wildman–Crippen LogP) is 1.02. The third kappa shape index (κ3) is 5.65. The Morgan fingerprint density at radius 1 is 1.21 bits per heavy atom. The number of aliphatic hydroxyl groups excluding tert-OH is 3. The van der Waals surface area contributed by atoms with E-state index in [4.69, 9.17) is 9.97 Å². The van der Waals surface area contributed by atoms with Crippen LogP contribution in [0.5, 0.6) is 0 Å². The molecule has 4 aromatic rings. The largest absolute Gasteiger partial charge is 0.394 e. The number of para-hydroxylation sites is 1. The van der Waals surface area contributed by atoms with Crippen molar-refractivity contribution >= 4 is 39.7 Å². The molecule has 1 amide bonds. The van der Waals surface area contributed by atoms with Gasteiger partial charge in [0.15, 0.2) is 17.0 Å². The second-order valence-corrected chi connectivity index (χ2v) is 11.9. The Morgan fingerprint density at radius 3 is 2.77 bits per heavy atom. The fourth-order valence-electron chi connectivity index (χ4n) is 6.39. The summed E-state index contributed by atoms with van der Waals surface area (Å²) in [5.74, 6) is 0.849. The summed E-state index contributed by atoms with van der Waals surface area (Å²) in [6.07, 6.45) is 3.49. The summed E-state index contributed by atoms with van der Waals surface area (Å²) >= 11 is 0. The maximum absolute atomic E-state index is 12.1. The molecule has 13 nitrogen and oxygen atoms in total. The summed E-state index contributed by atoms with van der Waals surface area (Å²) in [7, 11) is 4.13. The monoisotopic (exact) mass is 591 g/mol. The van der Waals surface area contributed by atoms with Crippen LogP contribution in [0.2, 0.25) is 0 Å². The number of hydrogen-bond donors (Lipinski definition) is 6. The van der Waals surface area contributed by atoms with Gasteiger partial charge in [0, 0.05) is 42.7 Å². The summed E-state index contributed by atoms with van der Waals surface area (Å²) in [5, 5.41) is 39.6. The molecule has 43 heavy (non-hydrogen) atoms. The van der Waals surface area contributed by atoms with E-state index in [0.717, 1.165) is 36.0 Å². The first-order valence-corrected chi connectivity index (χ1v) is 15.0. The first-order chi connectivity index (χ1) is 20.8. The number of H-pyrrole nitrogens is 1. The molecule has 1 saturated heterocycles. The minimum atomic E-state index is -1.12. The van der Waals surface area contributed by atoms with Crippen molar-refractivity contribution in [3.05, 3.63) is 42.4 Å². The van der Waals surface area contributed by atoms with Crippen LogP contribution in [-0.2, 0) is 11.2 Å². The number of nitrogens with zero attached hydrogens (tertiary/aromatic N) is 6. The van der Waals surface area contributed by atoms with Gasteiger partial charge in [-0.1, -0.05) is 25.1 Å². The Balaban J connectivity index is 1.35. The molecule has 0 bridgehead atoms. The highest BCUT2D eigenvalue weighted by atomic mass is 16.3. The van der Waals surface area contributed by atoms with Gasteiger partial charge < -0.3 is 45.3 Å². The summed E-state index contributed by atoms with van der Waals surface area (Å²) in [5.41, 5.74) is 3.14. The van der Waals surface area contributed by atoms with Crippen LogP contribution in [0.4, 0.5) is 11.8 Å². The molecule has 4 heterocycles. The molecule has 0 spiro atoms. The zero-order valence-corrected chi connectivity index (χ0v) is 24.8. The number of rotatable bonds is 10. The van der Waals surface area contributed by atoms with Gasteiger partial charge in [-0.15, -0.1) is 0 Å². The third-order valence-corrected chi connectivity index (χ3v) is 8.97. The number of fused-ring (bicyclic) bond motifs is 2. The van der Waals surface area contributed by atoms with Crippen molar-refractivity contribution in [3.8, 4) is 0 Å². The Bertz CT molecular complexity index is 1590. The van der Waals surface area contributed by atoms with Crippen LogP contribution < -0.4 is 15.5 Å². The molecule has 230 valence electrons. The van der Waals surface area contributed by atoms with Crippen molar-refractivity contribution in [3.63, 3.8) is 0 Å². The smallest absolute Gasteiger partial charge is 0.229 e. The van der Waals surface area contributed by atoms with Gasteiger partial charge in [0.2, 0.25) is 11.9 Å². The first-order valence-electron chi connectivity index (χ1n) is 15.0. The molecular formula is C30H41N9O4. The maximum Gasteiger partial charge on any atom is 0.229 e. The number of nitrogens with one attached hydrogen (secondary N) is 3. The van der Waals surface area contributed by atoms with Crippen molar-refractivity contribution in [1.29, 1.82) is 0 Å². The Morgan fingerprint density at radius 2 is 2.02 bits per heavy atom. The number of amides is 1. The topological polar surface area (TPSA) is 168 Å². The van der Waals surface area contributed by atoms with E-state index in [1.165, 1.54) is 0 Å². The van der Waals surface area contributed by atoms with E-state index in [9.17, 15) is 20.1 Å². The van der Waals surface area contributed by atoms with Gasteiger partial charge in [-0.25, -0.2) is 4.98 Å². The van der Waals surface area contributed by atoms with E-state index >= 15 is 0 Å². The Hall–Kier alpha value is -3.78. The Kier molecular flexibility index (Phi) is 8.23. The lowest BCUT2D eigenvalue weighted by Gasteiger charge is -2.23. The molecule has 1 aromatic carbocycles. The Labute approximate surface area is 249 Å². The normalized spacial score (nSPS) is 24.8. The van der Waals surface area contributed by atoms with Crippen molar-refractivity contribution in [2.75, 3.05) is 44.0 Å². The molecule has 1 aliphatic carbocycles. The maximum atomic E-state index is 12.1. The molecule has 2 aliphatic rings. The second-order valence-electron chi connectivity index (χ2n) is 11.9. The average molecular weight is 592 g/mol. The molecule has 6 atom stereocenters. The zero-order valence-electron chi connectivity index (χ0n) is 24.8. The molecule has 6 N–H and O–H groups in total. The average Bonchev–Trinajstić information content (AvgIpc) is 3.80. The van der Waals surface area contributed by atoms with E-state index < -0.39 is 24.3 Å². The molecular weight excluding hydrogens is 550 g/mol. The minimum Gasteiger partial charge on any atom is -0.394 e. The number of anilines is 2. The highest BCUT2D eigenvalue weighted by Gasteiger charge is 2.44. The van der Waals surface area contributed by atoms with Crippen molar-refractivity contribution in [2.45, 2.75) is 69.0 Å². The van der Waals surface area contributed by atoms with Gasteiger partial charge in [0.25, 0.3) is 0 Å². The number of hydrogen-bond acceptors (Lipinski definition) is 10. The number of likely N-dealkylation sites (N-methyl/N-ethyl adjacent to an activating group) is 1. The molecule has 0 radical (unpaired) electrons. The van der Waals surface area contributed by atoms with Gasteiger partial charge >= 0.3 is 0 Å². The van der Waals surface area contributed by atoms with E-state index in [2.05, 4.69) is 50.6 Å². The number of aliphatic hydroxyl groups is 3. The molecule has 0 unspecified atom stereocenters. The fourth-order valence-corrected chi connectivity index (χ4v) is 6.39. The lowest BCUT2D eigenvalue weighted by atomic mass is 10.1. The van der Waals surface area contributed by atoms with E-state index in [0.29, 0.717) is 41.8 Å². The van der Waals surface area contributed by atoms with Gasteiger partial charge in [0.05, 0.1) is 31.1 Å². The fraction of sp³-hybridized carbons (Fsp3) is 0.533. The SMILES string of the molecule is CCC(=O)N[C@H]1C[C@@H](n2cnc3c(N[C@H](CO)Cc4c[nH]c5ccccc45)nc(N4CC[C@@H](N(C)C)C4)nc32)[C@H](O)[C@@H]1O. The highest BCUT2D eigenvalue weighted by Crippen LogP contribution is 2.35. The van der Waals surface area contributed by atoms with Gasteiger partial charge in [0.1, 0.15) is 12.2 Å². The summed E-state index contributed by atoms with van der Waals surface area (Å²) in [4.78, 5) is 34.2. The third-order valence-electron chi connectivity index (χ3n) is 8.97. The second kappa shape index (κ2) is 12.1. The number of aromatic amines is 1. The van der Waals surface area contributed by atoms with E-state index in [1.807, 2.05) is 24.4 Å². The van der Waals surface area contributed by atoms with Crippen LogP contribution in [0, 0.1) is 0 Å². The van der Waals surface area contributed by atoms with E-state index in [-0.39, 0.29) is 25.0 Å². The number of benzene rings is 1. The van der Waals surface area contributed by atoms with Crippen LogP contribution in [0.1, 0.15) is 37.8 Å². The lowest BCUT2D eigenvalue weighted by Crippen LogP contribution is -2.42. The van der Waals surface area contributed by atoms with Crippen molar-refractivity contribution in [2.24, 2.45) is 0 Å². The van der Waals surface area contributed by atoms with Gasteiger partial charge in [-0.05, 0) is 45.0 Å². The van der Waals surface area contributed by atoms with Crippen LogP contribution in [0.25, 0.3) is 22.1 Å².